The molecular weight excluding hydrogens is 352 g/mol. The molecule has 0 bridgehead atoms. The van der Waals surface area contributed by atoms with Gasteiger partial charge in [0.25, 0.3) is 11.3 Å². The van der Waals surface area contributed by atoms with E-state index < -0.39 is 22.8 Å². The van der Waals surface area contributed by atoms with Gasteiger partial charge in [-0.15, -0.1) is 0 Å². The van der Waals surface area contributed by atoms with Gasteiger partial charge in [-0.05, 0) is 37.6 Å². The molecule has 1 N–H and O–H groups in total. The molecule has 1 aliphatic heterocycles. The fraction of sp³-hybridized carbons (Fsp3) is 0.316. The highest BCUT2D eigenvalue weighted by Gasteiger charge is 2.46. The molecule has 6 nitrogen and oxygen atoms in total. The van der Waals surface area contributed by atoms with Crippen LogP contribution in [0.4, 0.5) is 5.69 Å². The number of fused-ring (bicyclic) bond motifs is 1. The van der Waals surface area contributed by atoms with Crippen LogP contribution in [0.5, 0.6) is 5.75 Å². The topological polar surface area (TPSA) is 67.9 Å². The average Bonchev–Trinajstić information content (AvgIpc) is 2.81. The van der Waals surface area contributed by atoms with Crippen molar-refractivity contribution in [1.29, 1.82) is 0 Å². The Labute approximate surface area is 155 Å². The predicted octanol–water partition coefficient (Wildman–Crippen LogP) is 2.81. The van der Waals surface area contributed by atoms with Gasteiger partial charge in [-0.1, -0.05) is 35.9 Å². The van der Waals surface area contributed by atoms with Crippen molar-refractivity contribution in [3.05, 3.63) is 59.7 Å². The van der Waals surface area contributed by atoms with E-state index in [2.05, 4.69) is 5.32 Å². The van der Waals surface area contributed by atoms with Crippen molar-refractivity contribution in [3.8, 4) is 5.75 Å². The molecule has 2 atom stereocenters. The van der Waals surface area contributed by atoms with Crippen LogP contribution in [-0.4, -0.2) is 33.7 Å². The molecule has 7 heteroatoms. The molecule has 0 saturated heterocycles. The summed E-state index contributed by atoms with van der Waals surface area (Å²) in [7, 11) is 1.33. The van der Waals surface area contributed by atoms with Gasteiger partial charge in [-0.25, -0.2) is 4.79 Å². The van der Waals surface area contributed by atoms with Crippen LogP contribution in [0, 0.1) is 6.92 Å². The van der Waals surface area contributed by atoms with Crippen LogP contribution in [0.1, 0.15) is 18.1 Å². The molecule has 1 aliphatic rings. The maximum Gasteiger partial charge on any atom is 0.328 e. The second-order valence-electron chi connectivity index (χ2n) is 6.43. The molecule has 0 amide bonds. The maximum absolute atomic E-state index is 13.0. The van der Waals surface area contributed by atoms with Gasteiger partial charge in [0.15, 0.2) is 0 Å². The van der Waals surface area contributed by atoms with Gasteiger partial charge < -0.3 is 14.2 Å². The number of ether oxygens (including phenoxy) is 1. The highest BCUT2D eigenvalue weighted by Crippen LogP contribution is 2.30. The number of hydrogen-bond donors (Lipinski definition) is 1. The van der Waals surface area contributed by atoms with Gasteiger partial charge in [0.05, 0.1) is 7.11 Å². The van der Waals surface area contributed by atoms with Crippen molar-refractivity contribution < 1.29 is 17.9 Å². The minimum absolute atomic E-state index is 0.250. The first kappa shape index (κ1) is 18.4. The van der Waals surface area contributed by atoms with Crippen molar-refractivity contribution >= 4 is 22.9 Å². The van der Waals surface area contributed by atoms with Gasteiger partial charge in [-0.2, -0.15) is 8.51 Å². The van der Waals surface area contributed by atoms with E-state index in [0.29, 0.717) is 5.75 Å². The van der Waals surface area contributed by atoms with Crippen LogP contribution in [0.15, 0.2) is 48.5 Å². The summed E-state index contributed by atoms with van der Waals surface area (Å²) >= 11 is -1.88. The smallest absolute Gasteiger partial charge is 0.328 e. The summed E-state index contributed by atoms with van der Waals surface area (Å²) in [6.07, 6.45) is 0. The van der Waals surface area contributed by atoms with Gasteiger partial charge >= 0.3 is 5.97 Å². The number of hydrogen-bond acceptors (Lipinski definition) is 5. The first-order valence-corrected chi connectivity index (χ1v) is 9.32. The number of nitrogens with one attached hydrogen (secondary N) is 1. The highest BCUT2D eigenvalue weighted by atomic mass is 32.2. The van der Waals surface area contributed by atoms with Crippen LogP contribution >= 0.6 is 0 Å². The first-order valence-electron chi connectivity index (χ1n) is 8.29. The fourth-order valence-electron chi connectivity index (χ4n) is 2.85. The van der Waals surface area contributed by atoms with Crippen LogP contribution in [0.3, 0.4) is 0 Å². The average molecular weight is 374 g/mol. The highest BCUT2D eigenvalue weighted by molar-refractivity contribution is 7.78. The Morgan fingerprint density at radius 2 is 1.88 bits per heavy atom. The third-order valence-electron chi connectivity index (χ3n) is 4.50. The van der Waals surface area contributed by atoms with Gasteiger partial charge in [-0.3, -0.25) is 0 Å². The van der Waals surface area contributed by atoms with Crippen molar-refractivity contribution in [3.63, 3.8) is 0 Å². The molecule has 0 aromatic heterocycles. The van der Waals surface area contributed by atoms with Crippen LogP contribution in [0.25, 0.3) is 0 Å². The van der Waals surface area contributed by atoms with Crippen LogP contribution < -0.4 is 9.50 Å². The first-order chi connectivity index (χ1) is 12.4. The van der Waals surface area contributed by atoms with E-state index in [0.717, 1.165) is 16.8 Å². The number of esters is 1. The lowest BCUT2D eigenvalue weighted by Gasteiger charge is -2.34. The van der Waals surface area contributed by atoms with E-state index in [1.165, 1.54) is 11.4 Å². The van der Waals surface area contributed by atoms with Crippen molar-refractivity contribution in [1.82, 2.24) is 4.31 Å². The molecule has 0 aliphatic carbocycles. The Hall–Kier alpha value is -2.38. The Morgan fingerprint density at radius 3 is 2.58 bits per heavy atom. The predicted molar refractivity (Wildman–Crippen MR) is 101 cm³/mol. The maximum atomic E-state index is 13.0. The van der Waals surface area contributed by atoms with E-state index in [4.69, 9.17) is 8.92 Å². The largest absolute Gasteiger partial charge is 0.468 e. The summed E-state index contributed by atoms with van der Waals surface area (Å²) < 4.78 is 25.2. The fourth-order valence-corrected chi connectivity index (χ4v) is 3.93. The van der Waals surface area contributed by atoms with Crippen molar-refractivity contribution in [2.24, 2.45) is 0 Å². The number of nitrogens with zero attached hydrogens (tertiary/aromatic N) is 1. The minimum Gasteiger partial charge on any atom is -0.468 e. The number of methoxy groups -OCH3 is 1. The molecule has 138 valence electrons. The molecular formula is C19H22N2O4S. The zero-order valence-corrected chi connectivity index (χ0v) is 15.8. The summed E-state index contributed by atoms with van der Waals surface area (Å²) in [5.41, 5.74) is 1.76. The zero-order chi connectivity index (χ0) is 18.7. The van der Waals surface area contributed by atoms with Crippen LogP contribution in [0.2, 0.25) is 0 Å². The van der Waals surface area contributed by atoms with E-state index in [-0.39, 0.29) is 13.1 Å². The SMILES string of the molecule is COC(=O)C1(C)CNc2ccccc2CN1S(=O)Oc1ccc(C)cc1. The lowest BCUT2D eigenvalue weighted by molar-refractivity contribution is -0.150. The molecule has 2 aromatic carbocycles. The standard InChI is InChI=1S/C19H22N2O4S/c1-14-8-10-16(11-9-14)25-26(23)21-12-15-6-4-5-7-17(15)20-13-19(21,2)18(22)24-3/h4-11,20H,12-13H2,1-3H3. The number of anilines is 1. The van der Waals surface area contributed by atoms with Crippen LogP contribution in [-0.2, 0) is 27.3 Å². The second-order valence-corrected chi connectivity index (χ2v) is 7.47. The molecule has 0 radical (unpaired) electrons. The van der Waals surface area contributed by atoms with Crippen molar-refractivity contribution in [2.75, 3.05) is 19.0 Å². The van der Waals surface area contributed by atoms with E-state index >= 15 is 0 Å². The quantitative estimate of drug-likeness (QED) is 0.834. The Morgan fingerprint density at radius 1 is 1.19 bits per heavy atom. The van der Waals surface area contributed by atoms with Crippen molar-refractivity contribution in [2.45, 2.75) is 25.9 Å². The third kappa shape index (κ3) is 3.59. The molecule has 0 spiro atoms. The Bertz CT molecular complexity index is 825. The molecule has 0 saturated carbocycles. The Kier molecular flexibility index (Phi) is 5.29. The summed E-state index contributed by atoms with van der Waals surface area (Å²) in [6.45, 7) is 4.20. The van der Waals surface area contributed by atoms with Gasteiger partial charge in [0.1, 0.15) is 11.3 Å². The zero-order valence-electron chi connectivity index (χ0n) is 15.0. The summed E-state index contributed by atoms with van der Waals surface area (Å²) in [5.74, 6) is 0.00491. The number of rotatable bonds is 4. The minimum atomic E-state index is -1.88. The number of aryl methyl sites for hydroxylation is 1. The Balaban J connectivity index is 1.93. The number of carbonyl (C=O) groups excluding carboxylic acids is 1. The normalized spacial score (nSPS) is 21.0. The molecule has 2 unspecified atom stereocenters. The summed E-state index contributed by atoms with van der Waals surface area (Å²) in [6, 6.07) is 15.0. The number of para-hydroxylation sites is 1. The van der Waals surface area contributed by atoms with Gasteiger partial charge in [0.2, 0.25) is 0 Å². The van der Waals surface area contributed by atoms with E-state index in [1.54, 1.807) is 19.1 Å². The van der Waals surface area contributed by atoms with E-state index in [1.807, 2.05) is 43.3 Å². The number of benzene rings is 2. The third-order valence-corrected chi connectivity index (χ3v) is 5.73. The van der Waals surface area contributed by atoms with E-state index in [9.17, 15) is 9.00 Å². The lowest BCUT2D eigenvalue weighted by atomic mass is 10.0. The molecule has 0 fully saturated rings. The summed E-state index contributed by atoms with van der Waals surface area (Å²) in [5, 5.41) is 3.25. The molecule has 1 heterocycles. The molecule has 2 aromatic rings. The van der Waals surface area contributed by atoms with Gasteiger partial charge in [0, 0.05) is 18.8 Å². The molecule has 26 heavy (non-hydrogen) atoms. The summed E-state index contributed by atoms with van der Waals surface area (Å²) in [4.78, 5) is 12.5. The monoisotopic (exact) mass is 374 g/mol. The number of carbonyl (C=O) groups is 1. The second kappa shape index (κ2) is 7.47. The molecule has 3 rings (SSSR count). The lowest BCUT2D eigenvalue weighted by Crippen LogP contribution is -2.57.